The number of carbonyl (C=O) groups excluding carboxylic acids is 11. The minimum absolute atomic E-state index is 0.0332. The van der Waals surface area contributed by atoms with Gasteiger partial charge >= 0.3 is 18.2 Å². The molecule has 0 bridgehead atoms. The van der Waals surface area contributed by atoms with Crippen molar-refractivity contribution in [2.75, 3.05) is 72.6 Å². The largest absolute Gasteiger partial charge is 0.508 e. The van der Waals surface area contributed by atoms with E-state index in [2.05, 4.69) is 31.9 Å². The number of aliphatic carboxylic acids is 1. The van der Waals surface area contributed by atoms with Crippen LogP contribution in [-0.2, 0) is 79.9 Å². The lowest BCUT2D eigenvalue weighted by Gasteiger charge is -2.41. The Hall–Kier alpha value is -8.03. The van der Waals surface area contributed by atoms with Gasteiger partial charge in [0.05, 0.1) is 60.9 Å². The predicted octanol–water partition coefficient (Wildman–Crippen LogP) is 6.29. The smallest absolute Gasteiger partial charge is 0.481 e. The number of likely N-dealkylation sites (N-methyl/N-ethyl adjacent to an activating group) is 2. The Balaban J connectivity index is 1.23. The Morgan fingerprint density at radius 1 is 0.771 bits per heavy atom. The maximum atomic E-state index is 15.0. The molecule has 1 aliphatic carbocycles. The van der Waals surface area contributed by atoms with Crippen LogP contribution in [-0.4, -0.2) is 223 Å². The first-order chi connectivity index (χ1) is 49.6. The number of carboxylic acid groups (broad SMARTS) is 1. The summed E-state index contributed by atoms with van der Waals surface area (Å²) in [6.45, 7) is 16.0. The van der Waals surface area contributed by atoms with Gasteiger partial charge in [0.25, 0.3) is 0 Å². The first kappa shape index (κ1) is 87.6. The molecule has 2 heterocycles. The quantitative estimate of drug-likeness (QED) is 0.0205. The van der Waals surface area contributed by atoms with Crippen LogP contribution in [0.3, 0.4) is 0 Å². The Labute approximate surface area is 619 Å². The maximum absolute atomic E-state index is 15.0. The number of anilines is 1. The van der Waals surface area contributed by atoms with E-state index in [4.69, 9.17) is 24.7 Å². The van der Waals surface area contributed by atoms with Gasteiger partial charge in [-0.25, -0.2) is 18.4 Å². The van der Waals surface area contributed by atoms with E-state index in [-0.39, 0.29) is 142 Å². The number of carbonyl (C=O) groups is 12. The van der Waals surface area contributed by atoms with Crippen molar-refractivity contribution in [3.63, 3.8) is 0 Å². The number of rotatable bonds is 44. The summed E-state index contributed by atoms with van der Waals surface area (Å²) >= 11 is 1.34. The zero-order valence-corrected chi connectivity index (χ0v) is 64.2. The fourth-order valence-corrected chi connectivity index (χ4v) is 15.1. The van der Waals surface area contributed by atoms with Gasteiger partial charge in [-0.2, -0.15) is 0 Å². The third-order valence-corrected chi connectivity index (χ3v) is 21.5. The van der Waals surface area contributed by atoms with E-state index >= 15 is 4.79 Å². The van der Waals surface area contributed by atoms with Gasteiger partial charge in [-0.1, -0.05) is 93.4 Å². The highest BCUT2D eigenvalue weighted by molar-refractivity contribution is 8.00. The lowest BCUT2D eigenvalue weighted by atomic mass is 9.89. The van der Waals surface area contributed by atoms with Crippen LogP contribution < -0.4 is 37.6 Å². The van der Waals surface area contributed by atoms with Crippen molar-refractivity contribution < 1.29 is 90.4 Å². The Kier molecular flexibility index (Phi) is 34.8. The number of primary amides is 1. The van der Waals surface area contributed by atoms with Crippen molar-refractivity contribution in [2.24, 2.45) is 40.7 Å². The molecule has 31 heteroatoms. The zero-order chi connectivity index (χ0) is 78.2. The summed E-state index contributed by atoms with van der Waals surface area (Å²) in [6.07, 6.45) is -0.721. The third-order valence-electron chi connectivity index (χ3n) is 20.0. The average Bonchev–Trinajstić information content (AvgIpc) is 1.58. The van der Waals surface area contributed by atoms with Gasteiger partial charge < -0.3 is 71.5 Å². The van der Waals surface area contributed by atoms with Crippen LogP contribution in [0.15, 0.2) is 42.5 Å². The fraction of sp³-hybridized carbons (Fsp3) is 0.676. The Bertz CT molecular complexity index is 3280. The highest BCUT2D eigenvalue weighted by Crippen LogP contribution is 2.52. The zero-order valence-electron chi connectivity index (χ0n) is 63.4. The molecule has 3 aliphatic rings. The molecule has 2 saturated heterocycles. The number of hydrogen-bond donors (Lipinski definition) is 8. The second-order valence-corrected chi connectivity index (χ2v) is 30.5. The number of halogens is 2. The van der Waals surface area contributed by atoms with E-state index in [1.165, 1.54) is 58.9 Å². The maximum Gasteiger partial charge on any atom is 0.508 e. The van der Waals surface area contributed by atoms with Gasteiger partial charge in [0.1, 0.15) is 42.5 Å². The molecule has 2 aromatic rings. The van der Waals surface area contributed by atoms with Gasteiger partial charge in [0.2, 0.25) is 53.2 Å². The molecular weight excluding hydrogens is 1380 g/mol. The topological polar surface area (TPSA) is 373 Å². The van der Waals surface area contributed by atoms with Crippen molar-refractivity contribution in [3.05, 3.63) is 65.2 Å². The molecule has 11 amide bonds. The molecule has 586 valence electrons. The van der Waals surface area contributed by atoms with Crippen LogP contribution in [0.2, 0.25) is 0 Å². The van der Waals surface area contributed by atoms with Gasteiger partial charge in [-0.15, -0.1) is 11.8 Å². The molecule has 1 unspecified atom stereocenters. The van der Waals surface area contributed by atoms with Crippen LogP contribution in [0.1, 0.15) is 157 Å². The lowest BCUT2D eigenvalue weighted by molar-refractivity contribution is -0.148. The van der Waals surface area contributed by atoms with Crippen molar-refractivity contribution in [2.45, 2.75) is 219 Å². The van der Waals surface area contributed by atoms with Crippen LogP contribution >= 0.6 is 11.8 Å². The number of hydrogen-bond acceptors (Lipinski definition) is 18. The number of benzene rings is 2. The monoisotopic (exact) mass is 1500 g/mol. The number of urea groups is 1. The average molecular weight is 1500 g/mol. The number of unbranched alkanes of at least 4 members (excludes halogenated alkanes) is 2. The van der Waals surface area contributed by atoms with Crippen LogP contribution in [0.4, 0.5) is 24.1 Å². The second-order valence-electron chi connectivity index (χ2n) is 29.3. The van der Waals surface area contributed by atoms with E-state index < -0.39 is 131 Å². The number of nitrogens with two attached hydrogens (primary N) is 1. The number of nitrogens with zero attached hydrogens (tertiary/aromatic N) is 4. The molecule has 2 aliphatic heterocycles. The first-order valence-corrected chi connectivity index (χ1v) is 37.4. The summed E-state index contributed by atoms with van der Waals surface area (Å²) in [5, 5.41) is 25.2. The van der Waals surface area contributed by atoms with E-state index in [1.54, 1.807) is 58.9 Å². The number of likely N-dealkylation sites (tertiary alicyclic amines) is 2. The summed E-state index contributed by atoms with van der Waals surface area (Å²) in [5.41, 5.74) is 5.49. The number of amides is 11. The Morgan fingerprint density at radius 3 is 2.00 bits per heavy atom. The number of ether oxygens (including phenoxy) is 4. The second kappa shape index (κ2) is 41.8. The molecule has 3 fully saturated rings. The molecular formula is C74H113F2N11O17S. The van der Waals surface area contributed by atoms with Crippen molar-refractivity contribution in [1.29, 1.82) is 0 Å². The normalized spacial score (nSPS) is 18.8. The summed E-state index contributed by atoms with van der Waals surface area (Å²) in [6, 6.07) is 3.60. The fourth-order valence-electron chi connectivity index (χ4n) is 13.7. The number of methoxy groups -OCH3 is 2. The number of nitrogens with one attached hydrogen (secondary N) is 6. The standard InChI is InChI=1S/C74H113F2N11O17S/c1-15-45(8)64(85(12)71(98)62(43(4)5)83-69(96)63(44(6)7)84(10)11)55(101-13)36-58(89)87-39-49(35-54(87)65(102-14)46(9)66(93)78-33-29-50-51(75)21-19-22-52(50)76)104-73(100)103-40-47-25-27-48(28-26-47)80-67(94)53(23-20-32-79-72(77)99)81-68(95)61(42(2)3)82-57(88)24-17-16-18-34-86-59(90)37-56(70(86)97)105-41-74(30-31-74)38-60(91)92/h19,21-22,25-28,42-46,49,53-56,61-65H,15-18,20,23-24,29-41H2,1-14H3,(H,78,93)(H,80,94)(H,81,95)(H,82,88)(H,83,96)(H,91,92)(H3,77,79,99)/t45-,46+,49-,53-,54-,55+,56?,61-,62-,63-,64-,65+/m0/s1. The molecule has 0 radical (unpaired) electrons. The van der Waals surface area contributed by atoms with E-state index in [1.807, 2.05) is 41.5 Å². The molecule has 5 rings (SSSR count). The van der Waals surface area contributed by atoms with Gasteiger partial charge in [0, 0.05) is 77.2 Å². The molecule has 0 spiro atoms. The van der Waals surface area contributed by atoms with Crippen molar-refractivity contribution in [1.82, 2.24) is 46.2 Å². The summed E-state index contributed by atoms with van der Waals surface area (Å²) in [4.78, 5) is 167. The van der Waals surface area contributed by atoms with Crippen molar-refractivity contribution in [3.8, 4) is 0 Å². The molecule has 2 aromatic carbocycles. The number of thioether (sulfide) groups is 1. The van der Waals surface area contributed by atoms with Crippen LogP contribution in [0.5, 0.6) is 0 Å². The van der Waals surface area contributed by atoms with E-state index in [0.717, 1.165) is 25.0 Å². The Morgan fingerprint density at radius 2 is 1.43 bits per heavy atom. The van der Waals surface area contributed by atoms with E-state index in [9.17, 15) is 66.6 Å². The van der Waals surface area contributed by atoms with Crippen LogP contribution in [0.25, 0.3) is 0 Å². The van der Waals surface area contributed by atoms with E-state index in [0.29, 0.717) is 37.0 Å². The summed E-state index contributed by atoms with van der Waals surface area (Å²) in [5.74, 6) is -7.98. The highest BCUT2D eigenvalue weighted by Gasteiger charge is 2.49. The molecule has 105 heavy (non-hydrogen) atoms. The molecule has 28 nitrogen and oxygen atoms in total. The van der Waals surface area contributed by atoms with Crippen LogP contribution in [0, 0.1) is 46.6 Å². The van der Waals surface area contributed by atoms with Crippen molar-refractivity contribution >= 4 is 88.8 Å². The highest BCUT2D eigenvalue weighted by atomic mass is 32.2. The minimum atomic E-state index is -1.17. The summed E-state index contributed by atoms with van der Waals surface area (Å²) < 4.78 is 52.7. The van der Waals surface area contributed by atoms with Gasteiger partial charge in [-0.3, -0.25) is 57.7 Å². The SMILES string of the molecule is CC[C@H](C)[C@@H]([C@@H](CC(=O)N1C[C@@H](OC(=O)OCc2ccc(NC(=O)[C@H](CCCNC(N)=O)NC(=O)[C@@H](NC(=O)CCCCCN3C(=O)CC(SCC4(CC(=O)O)CC4)C3=O)C(C)C)cc2)C[C@H]1[C@H](OC)[C@@H](C)C(=O)NCCc1c(F)cccc1F)OC)N(C)C(=O)[C@@H](NC(=O)[C@H](C(C)C)N(C)C)C(C)C. The minimum Gasteiger partial charge on any atom is -0.481 e. The predicted molar refractivity (Wildman–Crippen MR) is 389 cm³/mol. The summed E-state index contributed by atoms with van der Waals surface area (Å²) in [7, 11) is 8.01. The molecule has 12 atom stereocenters. The lowest BCUT2D eigenvalue weighted by Crippen LogP contribution is -2.59. The molecule has 1 saturated carbocycles. The first-order valence-electron chi connectivity index (χ1n) is 36.4. The number of carboxylic acids is 1. The molecule has 0 aromatic heterocycles. The number of imide groups is 1. The van der Waals surface area contributed by atoms with Gasteiger partial charge in [0.15, 0.2) is 0 Å². The third kappa shape index (κ3) is 26.2. The van der Waals surface area contributed by atoms with Gasteiger partial charge in [-0.05, 0) is 118 Å². The molecule has 9 N–H and O–H groups in total.